The van der Waals surface area contributed by atoms with E-state index in [0.717, 1.165) is 12.2 Å². The van der Waals surface area contributed by atoms with Gasteiger partial charge in [-0.25, -0.2) is 0 Å². The fourth-order valence-electron chi connectivity index (χ4n) is 0.958. The van der Waals surface area contributed by atoms with Crippen LogP contribution in [-0.2, 0) is 7.05 Å². The monoisotopic (exact) mass is 212 g/mol. The van der Waals surface area contributed by atoms with Crippen molar-refractivity contribution in [2.24, 2.45) is 13.0 Å². The van der Waals surface area contributed by atoms with Crippen LogP contribution in [0.3, 0.4) is 0 Å². The lowest BCUT2D eigenvalue weighted by atomic mass is 10.2. The summed E-state index contributed by atoms with van der Waals surface area (Å²) in [6, 6.07) is 0. The van der Waals surface area contributed by atoms with Crippen LogP contribution in [0, 0.1) is 5.92 Å². The fourth-order valence-corrected chi connectivity index (χ4v) is 1.16. The topological polar surface area (TPSA) is 41.9 Å². The van der Waals surface area contributed by atoms with Crippen molar-refractivity contribution in [3.63, 3.8) is 0 Å². The van der Waals surface area contributed by atoms with Crippen molar-refractivity contribution in [1.29, 1.82) is 0 Å². The molecule has 1 rings (SSSR count). The Morgan fingerprint density at radius 1 is 1.64 bits per heavy atom. The van der Waals surface area contributed by atoms with Crippen LogP contribution in [0.25, 0.3) is 0 Å². The first-order valence-corrected chi connectivity index (χ1v) is 5.02. The molecule has 0 fully saturated rings. The number of thiocarbonyl (C=S) groups is 1. The average Bonchev–Trinajstić information content (AvgIpc) is 2.48. The number of hydrogen-bond acceptors (Lipinski definition) is 2. The fraction of sp³-hybridized carbons (Fsp3) is 0.556. The Hall–Kier alpha value is -1.10. The molecule has 1 aromatic heterocycles. The Balaban J connectivity index is 2.34. The quantitative estimate of drug-likeness (QED) is 0.742. The second-order valence-electron chi connectivity index (χ2n) is 3.63. The molecular weight excluding hydrogens is 196 g/mol. The zero-order valence-electron chi connectivity index (χ0n) is 8.74. The summed E-state index contributed by atoms with van der Waals surface area (Å²) in [7, 11) is 1.87. The molecule has 0 aliphatic carbocycles. The normalized spacial score (nSPS) is 10.3. The Morgan fingerprint density at radius 2 is 2.36 bits per heavy atom. The number of nitrogens with one attached hydrogen (secondary N) is 2. The molecule has 5 heteroatoms. The molecule has 0 aromatic carbocycles. The van der Waals surface area contributed by atoms with Gasteiger partial charge in [0.15, 0.2) is 5.11 Å². The third kappa shape index (κ3) is 3.74. The van der Waals surface area contributed by atoms with E-state index in [1.807, 2.05) is 13.2 Å². The van der Waals surface area contributed by atoms with Gasteiger partial charge in [0.25, 0.3) is 0 Å². The molecule has 0 saturated heterocycles. The summed E-state index contributed by atoms with van der Waals surface area (Å²) in [6.45, 7) is 5.16. The number of aromatic nitrogens is 2. The van der Waals surface area contributed by atoms with Crippen LogP contribution in [0.2, 0.25) is 0 Å². The number of anilines is 1. The number of nitrogens with zero attached hydrogens (tertiary/aromatic N) is 2. The SMILES string of the molecule is CC(C)CNC(=S)Nc1cnn(C)c1. The van der Waals surface area contributed by atoms with Gasteiger partial charge in [0, 0.05) is 19.8 Å². The first-order valence-electron chi connectivity index (χ1n) is 4.61. The average molecular weight is 212 g/mol. The molecule has 0 aliphatic rings. The molecule has 78 valence electrons. The first-order chi connectivity index (χ1) is 6.58. The lowest BCUT2D eigenvalue weighted by Gasteiger charge is -2.10. The van der Waals surface area contributed by atoms with Crippen molar-refractivity contribution in [1.82, 2.24) is 15.1 Å². The molecule has 0 aliphatic heterocycles. The van der Waals surface area contributed by atoms with Crippen molar-refractivity contribution in [2.45, 2.75) is 13.8 Å². The maximum absolute atomic E-state index is 5.10. The minimum atomic E-state index is 0.587. The summed E-state index contributed by atoms with van der Waals surface area (Å²) in [5, 5.41) is 10.9. The van der Waals surface area contributed by atoms with Gasteiger partial charge in [0.2, 0.25) is 0 Å². The van der Waals surface area contributed by atoms with E-state index >= 15 is 0 Å². The summed E-state index contributed by atoms with van der Waals surface area (Å²) < 4.78 is 1.73. The van der Waals surface area contributed by atoms with E-state index in [1.54, 1.807) is 10.9 Å². The van der Waals surface area contributed by atoms with Gasteiger partial charge in [-0.05, 0) is 18.1 Å². The smallest absolute Gasteiger partial charge is 0.170 e. The Labute approximate surface area is 89.7 Å². The van der Waals surface area contributed by atoms with Crippen LogP contribution >= 0.6 is 12.2 Å². The summed E-state index contributed by atoms with van der Waals surface area (Å²) in [5.74, 6) is 0.587. The maximum atomic E-state index is 5.10. The van der Waals surface area contributed by atoms with E-state index < -0.39 is 0 Å². The van der Waals surface area contributed by atoms with E-state index in [2.05, 4.69) is 29.6 Å². The largest absolute Gasteiger partial charge is 0.362 e. The lowest BCUT2D eigenvalue weighted by molar-refractivity contribution is 0.627. The van der Waals surface area contributed by atoms with Gasteiger partial charge in [-0.1, -0.05) is 13.8 Å². The third-order valence-corrected chi connectivity index (χ3v) is 1.88. The second-order valence-corrected chi connectivity index (χ2v) is 4.04. The molecule has 0 spiro atoms. The van der Waals surface area contributed by atoms with Gasteiger partial charge in [0.1, 0.15) is 0 Å². The molecule has 0 saturated carbocycles. The Kier molecular flexibility index (Phi) is 3.88. The summed E-state index contributed by atoms with van der Waals surface area (Å²) in [4.78, 5) is 0. The molecule has 0 bridgehead atoms. The minimum Gasteiger partial charge on any atom is -0.362 e. The van der Waals surface area contributed by atoms with Gasteiger partial charge < -0.3 is 10.6 Å². The van der Waals surface area contributed by atoms with Gasteiger partial charge >= 0.3 is 0 Å². The summed E-state index contributed by atoms with van der Waals surface area (Å²) in [6.07, 6.45) is 3.62. The van der Waals surface area contributed by atoms with E-state index in [4.69, 9.17) is 12.2 Å². The predicted octanol–water partition coefficient (Wildman–Crippen LogP) is 1.36. The van der Waals surface area contributed by atoms with E-state index in [0.29, 0.717) is 11.0 Å². The predicted molar refractivity (Wildman–Crippen MR) is 62.3 cm³/mol. The second kappa shape index (κ2) is 4.95. The van der Waals surface area contributed by atoms with Gasteiger partial charge in [-0.2, -0.15) is 5.10 Å². The van der Waals surface area contributed by atoms with E-state index in [9.17, 15) is 0 Å². The highest BCUT2D eigenvalue weighted by atomic mass is 32.1. The first kappa shape index (κ1) is 11.0. The molecule has 2 N–H and O–H groups in total. The molecule has 0 atom stereocenters. The van der Waals surface area contributed by atoms with Crippen molar-refractivity contribution < 1.29 is 0 Å². The zero-order valence-corrected chi connectivity index (χ0v) is 9.56. The molecule has 0 unspecified atom stereocenters. The van der Waals surface area contributed by atoms with Crippen molar-refractivity contribution in [3.8, 4) is 0 Å². The molecular formula is C9H16N4S. The highest BCUT2D eigenvalue weighted by Gasteiger charge is 1.99. The standard InChI is InChI=1S/C9H16N4S/c1-7(2)4-10-9(14)12-8-5-11-13(3)6-8/h5-7H,4H2,1-3H3,(H2,10,12,14). The van der Waals surface area contributed by atoms with Crippen LogP contribution in [0.4, 0.5) is 5.69 Å². The molecule has 0 amide bonds. The van der Waals surface area contributed by atoms with Crippen molar-refractivity contribution in [3.05, 3.63) is 12.4 Å². The zero-order chi connectivity index (χ0) is 10.6. The third-order valence-electron chi connectivity index (χ3n) is 1.63. The number of hydrogen-bond donors (Lipinski definition) is 2. The number of aryl methyl sites for hydroxylation is 1. The van der Waals surface area contributed by atoms with Gasteiger partial charge in [-0.3, -0.25) is 4.68 Å². The molecule has 0 radical (unpaired) electrons. The molecule has 4 nitrogen and oxygen atoms in total. The molecule has 14 heavy (non-hydrogen) atoms. The van der Waals surface area contributed by atoms with E-state index in [-0.39, 0.29) is 0 Å². The van der Waals surface area contributed by atoms with Crippen LogP contribution in [0.15, 0.2) is 12.4 Å². The lowest BCUT2D eigenvalue weighted by Crippen LogP contribution is -2.31. The minimum absolute atomic E-state index is 0.587. The van der Waals surface area contributed by atoms with E-state index in [1.165, 1.54) is 0 Å². The van der Waals surface area contributed by atoms with Crippen LogP contribution in [-0.4, -0.2) is 21.4 Å². The van der Waals surface area contributed by atoms with Crippen LogP contribution in [0.5, 0.6) is 0 Å². The summed E-state index contributed by atoms with van der Waals surface area (Å²) in [5.41, 5.74) is 0.911. The van der Waals surface area contributed by atoms with Crippen molar-refractivity contribution >= 4 is 23.0 Å². The van der Waals surface area contributed by atoms with Crippen molar-refractivity contribution in [2.75, 3.05) is 11.9 Å². The van der Waals surface area contributed by atoms with Gasteiger partial charge in [0.05, 0.1) is 11.9 Å². The molecule has 1 aromatic rings. The van der Waals surface area contributed by atoms with Crippen LogP contribution in [0.1, 0.15) is 13.8 Å². The molecule has 1 heterocycles. The van der Waals surface area contributed by atoms with Gasteiger partial charge in [-0.15, -0.1) is 0 Å². The van der Waals surface area contributed by atoms with Crippen LogP contribution < -0.4 is 10.6 Å². The Bertz CT molecular complexity index is 306. The number of rotatable bonds is 3. The summed E-state index contributed by atoms with van der Waals surface area (Å²) >= 11 is 5.10. The highest BCUT2D eigenvalue weighted by Crippen LogP contribution is 2.02. The highest BCUT2D eigenvalue weighted by molar-refractivity contribution is 7.80. The maximum Gasteiger partial charge on any atom is 0.170 e. The Morgan fingerprint density at radius 3 is 2.86 bits per heavy atom.